The number of nitrogens with zero attached hydrogens (tertiary/aromatic N) is 2. The molecule has 0 bridgehead atoms. The van der Waals surface area contributed by atoms with Crippen LogP contribution in [0.1, 0.15) is 15.9 Å². The van der Waals surface area contributed by atoms with Crippen LogP contribution >= 0.6 is 38.5 Å². The summed E-state index contributed by atoms with van der Waals surface area (Å²) in [4.78, 5) is 14.1. The second-order valence-corrected chi connectivity index (χ2v) is 6.25. The van der Waals surface area contributed by atoms with Gasteiger partial charge in [-0.2, -0.15) is 5.26 Å². The van der Waals surface area contributed by atoms with E-state index in [2.05, 4.69) is 44.6 Å². The van der Waals surface area contributed by atoms with E-state index in [1.165, 1.54) is 4.90 Å². The molecule has 0 atom stereocenters. The Bertz CT molecular complexity index is 709. The molecule has 0 fully saturated rings. The number of halogens is 2. The van der Waals surface area contributed by atoms with E-state index in [0.29, 0.717) is 16.8 Å². The third kappa shape index (κ3) is 3.19. The Morgan fingerprint density at radius 3 is 2.75 bits per heavy atom. The van der Waals surface area contributed by atoms with Crippen molar-refractivity contribution < 1.29 is 4.79 Å². The summed E-state index contributed by atoms with van der Waals surface area (Å²) in [6.07, 6.45) is 0. The summed E-state index contributed by atoms with van der Waals surface area (Å²) in [5.74, 6) is -0.120. The maximum absolute atomic E-state index is 12.5. The first-order valence-corrected chi connectivity index (χ1v) is 7.63. The first-order chi connectivity index (χ1) is 9.52. The Balaban J connectivity index is 2.37. The predicted molar refractivity (Wildman–Crippen MR) is 90.7 cm³/mol. The molecule has 0 aliphatic rings. The van der Waals surface area contributed by atoms with Crippen LogP contribution in [0.15, 0.2) is 46.9 Å². The Hall–Kier alpha value is -1.39. The fourth-order valence-electron chi connectivity index (χ4n) is 1.74. The lowest BCUT2D eigenvalue weighted by Gasteiger charge is -2.18. The van der Waals surface area contributed by atoms with Crippen LogP contribution in [-0.4, -0.2) is 13.0 Å². The van der Waals surface area contributed by atoms with E-state index in [-0.39, 0.29) is 5.91 Å². The summed E-state index contributed by atoms with van der Waals surface area (Å²) in [5, 5.41) is 8.92. The zero-order valence-electron chi connectivity index (χ0n) is 10.6. The number of benzene rings is 2. The van der Waals surface area contributed by atoms with Crippen molar-refractivity contribution in [2.75, 3.05) is 11.9 Å². The van der Waals surface area contributed by atoms with E-state index in [1.54, 1.807) is 31.3 Å². The van der Waals surface area contributed by atoms with Gasteiger partial charge >= 0.3 is 0 Å². The van der Waals surface area contributed by atoms with Crippen LogP contribution in [0.25, 0.3) is 0 Å². The minimum atomic E-state index is -0.120. The van der Waals surface area contributed by atoms with E-state index >= 15 is 0 Å². The highest BCUT2D eigenvalue weighted by Crippen LogP contribution is 2.23. The first kappa shape index (κ1) is 15.0. The largest absolute Gasteiger partial charge is 0.311 e. The van der Waals surface area contributed by atoms with Gasteiger partial charge in [0.1, 0.15) is 0 Å². The van der Waals surface area contributed by atoms with Gasteiger partial charge in [0.2, 0.25) is 0 Å². The van der Waals surface area contributed by atoms with E-state index < -0.39 is 0 Å². The molecule has 0 spiro atoms. The number of anilines is 1. The van der Waals surface area contributed by atoms with Crippen LogP contribution in [0.2, 0.25) is 0 Å². The first-order valence-electron chi connectivity index (χ1n) is 5.76. The smallest absolute Gasteiger partial charge is 0.259 e. The summed E-state index contributed by atoms with van der Waals surface area (Å²) in [6.45, 7) is 0. The third-order valence-electron chi connectivity index (χ3n) is 2.83. The van der Waals surface area contributed by atoms with Crippen molar-refractivity contribution in [2.45, 2.75) is 0 Å². The second-order valence-electron chi connectivity index (χ2n) is 4.15. The van der Waals surface area contributed by atoms with Gasteiger partial charge in [-0.1, -0.05) is 6.07 Å². The fourth-order valence-corrected chi connectivity index (χ4v) is 2.65. The van der Waals surface area contributed by atoms with Gasteiger partial charge in [0.15, 0.2) is 0 Å². The Morgan fingerprint density at radius 1 is 1.30 bits per heavy atom. The number of carbonyl (C=O) groups excluding carboxylic acids is 1. The Morgan fingerprint density at radius 2 is 2.05 bits per heavy atom. The van der Waals surface area contributed by atoms with Crippen molar-refractivity contribution in [1.29, 1.82) is 5.26 Å². The summed E-state index contributed by atoms with van der Waals surface area (Å²) < 4.78 is 1.75. The fraction of sp³-hybridized carbons (Fsp3) is 0.0667. The van der Waals surface area contributed by atoms with Crippen molar-refractivity contribution >= 4 is 50.1 Å². The van der Waals surface area contributed by atoms with Gasteiger partial charge in [-0.25, -0.2) is 0 Å². The predicted octanol–water partition coefficient (Wildman–Crippen LogP) is 4.20. The van der Waals surface area contributed by atoms with Crippen LogP contribution in [0.4, 0.5) is 5.69 Å². The summed E-state index contributed by atoms with van der Waals surface area (Å²) in [6, 6.07) is 14.7. The molecule has 0 radical (unpaired) electrons. The van der Waals surface area contributed by atoms with Crippen LogP contribution in [0.5, 0.6) is 0 Å². The van der Waals surface area contributed by atoms with Crippen LogP contribution in [-0.2, 0) is 0 Å². The highest BCUT2D eigenvalue weighted by atomic mass is 127. The Kier molecular flexibility index (Phi) is 4.78. The summed E-state index contributed by atoms with van der Waals surface area (Å²) in [5.41, 5.74) is 1.82. The number of rotatable bonds is 2. The normalized spacial score (nSPS) is 9.90. The highest BCUT2D eigenvalue weighted by molar-refractivity contribution is 14.1. The van der Waals surface area contributed by atoms with E-state index in [4.69, 9.17) is 5.26 Å². The van der Waals surface area contributed by atoms with Gasteiger partial charge in [0, 0.05) is 20.8 Å². The van der Waals surface area contributed by atoms with E-state index in [0.717, 1.165) is 8.04 Å². The van der Waals surface area contributed by atoms with E-state index in [9.17, 15) is 4.79 Å². The topological polar surface area (TPSA) is 44.1 Å². The number of nitriles is 1. The number of amides is 1. The molecular formula is C15H10BrIN2O. The standard InChI is InChI=1S/C15H10BrIN2O/c1-19(12-4-2-3-10(7-12)9-18)15(20)13-8-11(17)5-6-14(13)16/h2-8H,1H3. The average molecular weight is 441 g/mol. The molecule has 2 rings (SSSR count). The molecule has 0 N–H and O–H groups in total. The monoisotopic (exact) mass is 440 g/mol. The minimum Gasteiger partial charge on any atom is -0.311 e. The van der Waals surface area contributed by atoms with Crippen molar-refractivity contribution in [3.8, 4) is 6.07 Å². The quantitative estimate of drug-likeness (QED) is 0.657. The third-order valence-corrected chi connectivity index (χ3v) is 4.19. The van der Waals surface area contributed by atoms with E-state index in [1.807, 2.05) is 18.2 Å². The molecule has 100 valence electrons. The van der Waals surface area contributed by atoms with Crippen molar-refractivity contribution in [3.63, 3.8) is 0 Å². The zero-order chi connectivity index (χ0) is 14.7. The molecule has 5 heteroatoms. The van der Waals surface area contributed by atoms with Crippen LogP contribution < -0.4 is 4.90 Å². The number of hydrogen-bond donors (Lipinski definition) is 0. The van der Waals surface area contributed by atoms with Crippen LogP contribution in [0, 0.1) is 14.9 Å². The molecule has 0 aliphatic carbocycles. The lowest BCUT2D eigenvalue weighted by molar-refractivity contribution is 0.0992. The lowest BCUT2D eigenvalue weighted by Crippen LogP contribution is -2.26. The molecule has 0 heterocycles. The van der Waals surface area contributed by atoms with Gasteiger partial charge in [-0.05, 0) is 74.9 Å². The minimum absolute atomic E-state index is 0.120. The summed E-state index contributed by atoms with van der Waals surface area (Å²) in [7, 11) is 1.70. The van der Waals surface area contributed by atoms with Gasteiger partial charge in [-0.15, -0.1) is 0 Å². The summed E-state index contributed by atoms with van der Waals surface area (Å²) >= 11 is 5.57. The molecule has 0 saturated carbocycles. The molecule has 0 unspecified atom stereocenters. The van der Waals surface area contributed by atoms with Gasteiger partial charge < -0.3 is 4.90 Å². The average Bonchev–Trinajstić information content (AvgIpc) is 2.48. The van der Waals surface area contributed by atoms with Gasteiger partial charge in [0.25, 0.3) is 5.91 Å². The molecule has 2 aromatic carbocycles. The Labute approximate surface area is 139 Å². The van der Waals surface area contributed by atoms with Crippen molar-refractivity contribution in [3.05, 3.63) is 61.6 Å². The highest BCUT2D eigenvalue weighted by Gasteiger charge is 2.16. The second kappa shape index (κ2) is 6.37. The maximum Gasteiger partial charge on any atom is 0.259 e. The van der Waals surface area contributed by atoms with Crippen molar-refractivity contribution in [1.82, 2.24) is 0 Å². The molecular weight excluding hydrogens is 431 g/mol. The molecule has 3 nitrogen and oxygen atoms in total. The molecule has 0 saturated heterocycles. The molecule has 20 heavy (non-hydrogen) atoms. The lowest BCUT2D eigenvalue weighted by atomic mass is 10.1. The maximum atomic E-state index is 12.5. The number of carbonyl (C=O) groups is 1. The van der Waals surface area contributed by atoms with Gasteiger partial charge in [0.05, 0.1) is 17.2 Å². The van der Waals surface area contributed by atoms with Crippen molar-refractivity contribution in [2.24, 2.45) is 0 Å². The SMILES string of the molecule is CN(C(=O)c1cc(I)ccc1Br)c1cccc(C#N)c1. The zero-order valence-corrected chi connectivity index (χ0v) is 14.3. The molecule has 0 aromatic heterocycles. The molecule has 2 aromatic rings. The van der Waals surface area contributed by atoms with Crippen LogP contribution in [0.3, 0.4) is 0 Å². The molecule has 0 aliphatic heterocycles. The molecule has 1 amide bonds. The van der Waals surface area contributed by atoms with Gasteiger partial charge in [-0.3, -0.25) is 4.79 Å². The number of hydrogen-bond acceptors (Lipinski definition) is 2.